The summed E-state index contributed by atoms with van der Waals surface area (Å²) in [7, 11) is 1.51. The molecule has 0 bridgehead atoms. The predicted molar refractivity (Wildman–Crippen MR) is 108 cm³/mol. The minimum absolute atomic E-state index is 0.00691. The van der Waals surface area contributed by atoms with E-state index < -0.39 is 5.97 Å². The molecule has 28 heavy (non-hydrogen) atoms. The number of anilines is 2. The van der Waals surface area contributed by atoms with Gasteiger partial charge in [-0.3, -0.25) is 9.69 Å². The summed E-state index contributed by atoms with van der Waals surface area (Å²) < 4.78 is 10.6. The molecule has 0 radical (unpaired) electrons. The van der Waals surface area contributed by atoms with Gasteiger partial charge in [-0.15, -0.1) is 11.3 Å². The van der Waals surface area contributed by atoms with Crippen LogP contribution >= 0.6 is 11.3 Å². The van der Waals surface area contributed by atoms with Crippen molar-refractivity contribution in [2.45, 2.75) is 20.5 Å². The van der Waals surface area contributed by atoms with Gasteiger partial charge in [-0.05, 0) is 31.2 Å². The Labute approximate surface area is 167 Å². The Balaban J connectivity index is 1.74. The lowest BCUT2D eigenvalue weighted by Gasteiger charge is -2.17. The van der Waals surface area contributed by atoms with Crippen molar-refractivity contribution >= 4 is 34.0 Å². The molecule has 1 aromatic heterocycles. The molecule has 1 amide bonds. The fourth-order valence-corrected chi connectivity index (χ4v) is 3.54. The van der Waals surface area contributed by atoms with E-state index in [2.05, 4.69) is 4.98 Å². The van der Waals surface area contributed by atoms with Gasteiger partial charge in [-0.25, -0.2) is 9.78 Å². The Morgan fingerprint density at radius 3 is 2.57 bits per heavy atom. The minimum Gasteiger partial charge on any atom is -0.496 e. The average Bonchev–Trinajstić information content (AvgIpc) is 3.15. The van der Waals surface area contributed by atoms with Crippen molar-refractivity contribution in [2.24, 2.45) is 0 Å². The summed E-state index contributed by atoms with van der Waals surface area (Å²) in [4.78, 5) is 30.5. The van der Waals surface area contributed by atoms with Crippen molar-refractivity contribution in [3.05, 3.63) is 70.7 Å². The van der Waals surface area contributed by atoms with Gasteiger partial charge in [0.25, 0.3) is 0 Å². The Hall–Kier alpha value is -3.19. The number of benzene rings is 2. The molecule has 6 nitrogen and oxygen atoms in total. The Morgan fingerprint density at radius 2 is 1.89 bits per heavy atom. The number of hydrogen-bond donors (Lipinski definition) is 0. The van der Waals surface area contributed by atoms with Crippen LogP contribution in [0.4, 0.5) is 10.8 Å². The lowest BCUT2D eigenvalue weighted by atomic mass is 10.1. The maximum absolute atomic E-state index is 12.4. The number of methoxy groups -OCH3 is 1. The van der Waals surface area contributed by atoms with Crippen LogP contribution in [0.25, 0.3) is 0 Å². The third kappa shape index (κ3) is 4.37. The van der Waals surface area contributed by atoms with Gasteiger partial charge in [0.2, 0.25) is 5.91 Å². The molecule has 0 saturated heterocycles. The van der Waals surface area contributed by atoms with Crippen LogP contribution in [0.1, 0.15) is 28.5 Å². The van der Waals surface area contributed by atoms with Crippen molar-refractivity contribution in [2.75, 3.05) is 12.0 Å². The second-order valence-corrected chi connectivity index (χ2v) is 6.93. The second-order valence-electron chi connectivity index (χ2n) is 6.09. The van der Waals surface area contributed by atoms with Crippen molar-refractivity contribution in [3.8, 4) is 5.75 Å². The van der Waals surface area contributed by atoms with Crippen molar-refractivity contribution in [1.82, 2.24) is 4.98 Å². The van der Waals surface area contributed by atoms with Gasteiger partial charge in [0, 0.05) is 12.3 Å². The first-order valence-corrected chi connectivity index (χ1v) is 9.49. The van der Waals surface area contributed by atoms with Gasteiger partial charge < -0.3 is 9.47 Å². The van der Waals surface area contributed by atoms with Crippen LogP contribution in [0.3, 0.4) is 0 Å². The molecule has 0 aliphatic heterocycles. The number of carbonyl (C=O) groups is 2. The third-order valence-electron chi connectivity index (χ3n) is 3.99. The maximum Gasteiger partial charge on any atom is 0.342 e. The van der Waals surface area contributed by atoms with E-state index in [1.165, 1.54) is 30.3 Å². The summed E-state index contributed by atoms with van der Waals surface area (Å²) in [5.74, 6) is -0.170. The normalized spacial score (nSPS) is 10.4. The number of aryl methyl sites for hydroxylation is 1. The topological polar surface area (TPSA) is 68.7 Å². The number of esters is 1. The van der Waals surface area contributed by atoms with E-state index >= 15 is 0 Å². The zero-order valence-corrected chi connectivity index (χ0v) is 16.7. The fourth-order valence-electron chi connectivity index (χ4n) is 2.67. The Bertz CT molecular complexity index is 985. The second kappa shape index (κ2) is 8.67. The van der Waals surface area contributed by atoms with Crippen molar-refractivity contribution in [1.29, 1.82) is 0 Å². The van der Waals surface area contributed by atoms with Crippen LogP contribution in [0, 0.1) is 6.92 Å². The molecule has 1 heterocycles. The highest BCUT2D eigenvalue weighted by Crippen LogP contribution is 2.29. The van der Waals surface area contributed by atoms with E-state index in [9.17, 15) is 9.59 Å². The molecule has 7 heteroatoms. The molecule has 144 valence electrons. The summed E-state index contributed by atoms with van der Waals surface area (Å²) in [6.07, 6.45) is 0. The van der Waals surface area contributed by atoms with Crippen LogP contribution in [0.15, 0.2) is 53.9 Å². The van der Waals surface area contributed by atoms with E-state index in [4.69, 9.17) is 9.47 Å². The van der Waals surface area contributed by atoms with Crippen LogP contribution < -0.4 is 9.64 Å². The first-order chi connectivity index (χ1) is 13.5. The molecule has 0 unspecified atom stereocenters. The van der Waals surface area contributed by atoms with Crippen molar-refractivity contribution < 1.29 is 19.1 Å². The van der Waals surface area contributed by atoms with E-state index in [1.54, 1.807) is 17.5 Å². The molecule has 0 fully saturated rings. The number of carbonyl (C=O) groups excluding carboxylic acids is 2. The number of hydrogen-bond acceptors (Lipinski definition) is 6. The summed E-state index contributed by atoms with van der Waals surface area (Å²) in [6, 6.07) is 14.6. The lowest BCUT2D eigenvalue weighted by Crippen LogP contribution is -2.22. The smallest absolute Gasteiger partial charge is 0.342 e. The first-order valence-electron chi connectivity index (χ1n) is 8.61. The van der Waals surface area contributed by atoms with Gasteiger partial charge in [-0.1, -0.05) is 29.8 Å². The highest BCUT2D eigenvalue weighted by atomic mass is 32.1. The largest absolute Gasteiger partial charge is 0.496 e. The molecule has 0 aliphatic rings. The molecule has 0 aliphatic carbocycles. The molecule has 0 spiro atoms. The number of ether oxygens (including phenoxy) is 2. The quantitative estimate of drug-likeness (QED) is 0.574. The van der Waals surface area contributed by atoms with E-state index in [0.29, 0.717) is 22.1 Å². The number of para-hydroxylation sites is 1. The van der Waals surface area contributed by atoms with Gasteiger partial charge in [-0.2, -0.15) is 0 Å². The molecular weight excluding hydrogens is 376 g/mol. The standard InChI is InChI=1S/C21H20N2O4S/c1-14-9-10-19(26-3)18(11-14)20(25)27-12-16-13-28-21(22-16)23(15(2)24)17-7-5-4-6-8-17/h4-11,13H,12H2,1-3H3. The maximum atomic E-state index is 12.4. The summed E-state index contributed by atoms with van der Waals surface area (Å²) in [6.45, 7) is 3.38. The molecular formula is C21H20N2O4S. The monoisotopic (exact) mass is 396 g/mol. The number of amides is 1. The minimum atomic E-state index is -0.485. The van der Waals surface area contributed by atoms with Crippen LogP contribution in [0.2, 0.25) is 0 Å². The molecule has 2 aromatic carbocycles. The predicted octanol–water partition coefficient (Wildman–Crippen LogP) is 4.50. The molecule has 0 atom stereocenters. The highest BCUT2D eigenvalue weighted by Gasteiger charge is 2.19. The number of thiazole rings is 1. The zero-order chi connectivity index (χ0) is 20.1. The van der Waals surface area contributed by atoms with E-state index in [-0.39, 0.29) is 12.5 Å². The number of rotatable bonds is 6. The first kappa shape index (κ1) is 19.6. The van der Waals surface area contributed by atoms with Crippen LogP contribution in [-0.4, -0.2) is 24.0 Å². The molecule has 0 N–H and O–H groups in total. The lowest BCUT2D eigenvalue weighted by molar-refractivity contribution is -0.115. The number of nitrogens with zero attached hydrogens (tertiary/aromatic N) is 2. The SMILES string of the molecule is COc1ccc(C)cc1C(=O)OCc1csc(N(C(C)=O)c2ccccc2)n1. The molecule has 3 rings (SSSR count). The average molecular weight is 396 g/mol. The molecule has 0 saturated carbocycles. The fraction of sp³-hybridized carbons (Fsp3) is 0.190. The van der Waals surface area contributed by atoms with Crippen molar-refractivity contribution in [3.63, 3.8) is 0 Å². The summed E-state index contributed by atoms with van der Waals surface area (Å²) in [5, 5.41) is 2.30. The Kier molecular flexibility index (Phi) is 6.06. The van der Waals surface area contributed by atoms with Gasteiger partial charge in [0.15, 0.2) is 5.13 Å². The van der Waals surface area contributed by atoms with Crippen LogP contribution in [0.5, 0.6) is 5.75 Å². The van der Waals surface area contributed by atoms with E-state index in [0.717, 1.165) is 11.3 Å². The Morgan fingerprint density at radius 1 is 1.14 bits per heavy atom. The summed E-state index contributed by atoms with van der Waals surface area (Å²) in [5.41, 5.74) is 2.61. The summed E-state index contributed by atoms with van der Waals surface area (Å²) >= 11 is 1.32. The van der Waals surface area contributed by atoms with Gasteiger partial charge in [0.05, 0.1) is 18.5 Å². The van der Waals surface area contributed by atoms with E-state index in [1.807, 2.05) is 43.3 Å². The molecule has 3 aromatic rings. The highest BCUT2D eigenvalue weighted by molar-refractivity contribution is 7.14. The zero-order valence-electron chi connectivity index (χ0n) is 15.8. The van der Waals surface area contributed by atoms with Gasteiger partial charge >= 0.3 is 5.97 Å². The third-order valence-corrected chi connectivity index (χ3v) is 4.86. The van der Waals surface area contributed by atoms with Crippen LogP contribution in [-0.2, 0) is 16.1 Å². The number of aromatic nitrogens is 1. The van der Waals surface area contributed by atoms with Gasteiger partial charge in [0.1, 0.15) is 17.9 Å².